The van der Waals surface area contributed by atoms with Crippen LogP contribution < -0.4 is 0 Å². The van der Waals surface area contributed by atoms with E-state index in [1.54, 1.807) is 6.92 Å². The SMILES string of the molecule is CCCC(CC)OC(=O)OCC. The van der Waals surface area contributed by atoms with Crippen molar-refractivity contribution in [1.82, 2.24) is 0 Å². The van der Waals surface area contributed by atoms with E-state index in [1.165, 1.54) is 0 Å². The summed E-state index contributed by atoms with van der Waals surface area (Å²) < 4.78 is 9.68. The molecule has 0 radical (unpaired) electrons. The lowest BCUT2D eigenvalue weighted by molar-refractivity contribution is 0.0220. The van der Waals surface area contributed by atoms with Crippen LogP contribution in [0.3, 0.4) is 0 Å². The molecule has 0 aromatic heterocycles. The van der Waals surface area contributed by atoms with Crippen molar-refractivity contribution < 1.29 is 14.3 Å². The van der Waals surface area contributed by atoms with Gasteiger partial charge in [0, 0.05) is 0 Å². The summed E-state index contributed by atoms with van der Waals surface area (Å²) in [6.45, 7) is 6.21. The van der Waals surface area contributed by atoms with Crippen molar-refractivity contribution in [1.29, 1.82) is 0 Å². The highest BCUT2D eigenvalue weighted by molar-refractivity contribution is 5.60. The van der Waals surface area contributed by atoms with Gasteiger partial charge in [-0.2, -0.15) is 0 Å². The summed E-state index contributed by atoms with van der Waals surface area (Å²) in [6.07, 6.45) is 2.27. The molecule has 0 aromatic carbocycles. The third kappa shape index (κ3) is 4.99. The van der Waals surface area contributed by atoms with E-state index in [1.807, 2.05) is 6.92 Å². The van der Waals surface area contributed by atoms with Crippen LogP contribution in [0.2, 0.25) is 0 Å². The summed E-state index contributed by atoms with van der Waals surface area (Å²) in [5.41, 5.74) is 0. The van der Waals surface area contributed by atoms with Crippen LogP contribution >= 0.6 is 0 Å². The Balaban J connectivity index is 3.61. The molecule has 0 N–H and O–H groups in total. The van der Waals surface area contributed by atoms with Crippen LogP contribution in [-0.4, -0.2) is 18.9 Å². The fourth-order valence-corrected chi connectivity index (χ4v) is 0.956. The molecule has 0 heterocycles. The molecule has 0 bridgehead atoms. The molecule has 3 nitrogen and oxygen atoms in total. The van der Waals surface area contributed by atoms with Crippen molar-refractivity contribution in [3.05, 3.63) is 0 Å². The van der Waals surface area contributed by atoms with Gasteiger partial charge in [-0.1, -0.05) is 20.3 Å². The van der Waals surface area contributed by atoms with Crippen molar-refractivity contribution in [3.63, 3.8) is 0 Å². The summed E-state index contributed by atoms with van der Waals surface area (Å²) in [5.74, 6) is 0. The summed E-state index contributed by atoms with van der Waals surface area (Å²) >= 11 is 0. The topological polar surface area (TPSA) is 35.5 Å². The lowest BCUT2D eigenvalue weighted by atomic mass is 10.2. The largest absolute Gasteiger partial charge is 0.508 e. The quantitative estimate of drug-likeness (QED) is 0.601. The lowest BCUT2D eigenvalue weighted by Crippen LogP contribution is -2.18. The molecular weight excluding hydrogens is 156 g/mol. The average molecular weight is 174 g/mol. The highest BCUT2D eigenvalue weighted by Gasteiger charge is 2.11. The van der Waals surface area contributed by atoms with Crippen molar-refractivity contribution in [2.24, 2.45) is 0 Å². The smallest absolute Gasteiger partial charge is 0.435 e. The minimum atomic E-state index is -0.544. The molecule has 72 valence electrons. The molecule has 0 aromatic rings. The minimum absolute atomic E-state index is 0.0223. The van der Waals surface area contributed by atoms with E-state index >= 15 is 0 Å². The predicted molar refractivity (Wildman–Crippen MR) is 47.1 cm³/mol. The van der Waals surface area contributed by atoms with Crippen LogP contribution in [0.15, 0.2) is 0 Å². The molecular formula is C9H18O3. The molecule has 0 aliphatic carbocycles. The number of ether oxygens (including phenoxy) is 2. The second kappa shape index (κ2) is 6.95. The highest BCUT2D eigenvalue weighted by atomic mass is 16.7. The zero-order chi connectivity index (χ0) is 9.40. The first-order valence-corrected chi connectivity index (χ1v) is 4.57. The van der Waals surface area contributed by atoms with Crippen LogP contribution in [0.5, 0.6) is 0 Å². The maximum Gasteiger partial charge on any atom is 0.508 e. The van der Waals surface area contributed by atoms with Crippen LogP contribution in [0.1, 0.15) is 40.0 Å². The van der Waals surface area contributed by atoms with Gasteiger partial charge in [0.25, 0.3) is 0 Å². The Morgan fingerprint density at radius 3 is 2.42 bits per heavy atom. The second-order valence-electron chi connectivity index (χ2n) is 2.62. The fourth-order valence-electron chi connectivity index (χ4n) is 0.956. The molecule has 0 aliphatic heterocycles. The van der Waals surface area contributed by atoms with Gasteiger partial charge >= 0.3 is 6.16 Å². The number of hydrogen-bond donors (Lipinski definition) is 0. The minimum Gasteiger partial charge on any atom is -0.435 e. The highest BCUT2D eigenvalue weighted by Crippen LogP contribution is 2.07. The first-order chi connectivity index (χ1) is 5.74. The summed E-state index contributed by atoms with van der Waals surface area (Å²) in [5, 5.41) is 0. The van der Waals surface area contributed by atoms with E-state index in [-0.39, 0.29) is 6.10 Å². The molecule has 0 spiro atoms. The third-order valence-electron chi connectivity index (χ3n) is 1.59. The van der Waals surface area contributed by atoms with Gasteiger partial charge in [-0.15, -0.1) is 0 Å². The third-order valence-corrected chi connectivity index (χ3v) is 1.59. The van der Waals surface area contributed by atoms with Gasteiger partial charge in [0.2, 0.25) is 0 Å². The van der Waals surface area contributed by atoms with Crippen LogP contribution in [0, 0.1) is 0 Å². The first-order valence-electron chi connectivity index (χ1n) is 4.57. The molecule has 3 heteroatoms. The molecule has 0 amide bonds. The number of hydrogen-bond acceptors (Lipinski definition) is 3. The molecule has 0 aliphatic rings. The summed E-state index contributed by atoms with van der Waals surface area (Å²) in [6, 6.07) is 0. The Hall–Kier alpha value is -0.730. The number of rotatable bonds is 5. The van der Waals surface area contributed by atoms with E-state index in [2.05, 4.69) is 11.7 Å². The standard InChI is InChI=1S/C9H18O3/c1-4-7-8(5-2)12-9(10)11-6-3/h8H,4-7H2,1-3H3. The van der Waals surface area contributed by atoms with E-state index in [0.717, 1.165) is 19.3 Å². The van der Waals surface area contributed by atoms with Crippen molar-refractivity contribution in [3.8, 4) is 0 Å². The maximum atomic E-state index is 10.8. The monoisotopic (exact) mass is 174 g/mol. The zero-order valence-corrected chi connectivity index (χ0v) is 8.13. The normalized spacial score (nSPS) is 12.2. The van der Waals surface area contributed by atoms with Gasteiger partial charge in [0.15, 0.2) is 0 Å². The molecule has 0 saturated heterocycles. The molecule has 12 heavy (non-hydrogen) atoms. The second-order valence-corrected chi connectivity index (χ2v) is 2.62. The molecule has 1 unspecified atom stereocenters. The van der Waals surface area contributed by atoms with Gasteiger partial charge in [0.1, 0.15) is 6.10 Å². The summed E-state index contributed by atoms with van der Waals surface area (Å²) in [7, 11) is 0. The summed E-state index contributed by atoms with van der Waals surface area (Å²) in [4.78, 5) is 10.8. The Morgan fingerprint density at radius 1 is 1.33 bits per heavy atom. The number of carbonyl (C=O) groups is 1. The predicted octanol–water partition coefficient (Wildman–Crippen LogP) is 2.74. The Kier molecular flexibility index (Phi) is 6.53. The Morgan fingerprint density at radius 2 is 2.00 bits per heavy atom. The first kappa shape index (κ1) is 11.3. The van der Waals surface area contributed by atoms with Crippen LogP contribution in [0.4, 0.5) is 4.79 Å². The van der Waals surface area contributed by atoms with Crippen LogP contribution in [0.25, 0.3) is 0 Å². The van der Waals surface area contributed by atoms with E-state index in [9.17, 15) is 4.79 Å². The zero-order valence-electron chi connectivity index (χ0n) is 8.13. The van der Waals surface area contributed by atoms with Gasteiger partial charge < -0.3 is 9.47 Å². The number of carbonyl (C=O) groups excluding carboxylic acids is 1. The van der Waals surface area contributed by atoms with Crippen molar-refractivity contribution in [2.45, 2.75) is 46.1 Å². The van der Waals surface area contributed by atoms with E-state index in [4.69, 9.17) is 4.74 Å². The maximum absolute atomic E-state index is 10.8. The lowest BCUT2D eigenvalue weighted by Gasteiger charge is -2.14. The molecule has 0 rings (SSSR count). The van der Waals surface area contributed by atoms with Crippen molar-refractivity contribution in [2.75, 3.05) is 6.61 Å². The Bertz CT molecular complexity index is 123. The Labute approximate surface area is 74.0 Å². The molecule has 0 saturated carbocycles. The van der Waals surface area contributed by atoms with Gasteiger partial charge in [0.05, 0.1) is 6.61 Å². The van der Waals surface area contributed by atoms with Crippen molar-refractivity contribution >= 4 is 6.16 Å². The molecule has 0 fully saturated rings. The van der Waals surface area contributed by atoms with E-state index < -0.39 is 6.16 Å². The fraction of sp³-hybridized carbons (Fsp3) is 0.889. The molecule has 1 atom stereocenters. The van der Waals surface area contributed by atoms with Gasteiger partial charge in [-0.25, -0.2) is 4.79 Å². The van der Waals surface area contributed by atoms with E-state index in [0.29, 0.717) is 6.61 Å². The van der Waals surface area contributed by atoms with Crippen LogP contribution in [-0.2, 0) is 9.47 Å². The van der Waals surface area contributed by atoms with Gasteiger partial charge in [-0.3, -0.25) is 0 Å². The van der Waals surface area contributed by atoms with Gasteiger partial charge in [-0.05, 0) is 19.8 Å². The average Bonchev–Trinajstić information content (AvgIpc) is 2.04.